The molecule has 0 unspecified atom stereocenters. The van der Waals surface area contributed by atoms with E-state index in [4.69, 9.17) is 26.8 Å². The van der Waals surface area contributed by atoms with Crippen molar-refractivity contribution < 1.29 is 14.3 Å². The fourth-order valence-corrected chi connectivity index (χ4v) is 5.51. The summed E-state index contributed by atoms with van der Waals surface area (Å²) in [5.41, 5.74) is 4.56. The van der Waals surface area contributed by atoms with Crippen LogP contribution in [-0.4, -0.2) is 51.3 Å². The maximum atomic E-state index is 13.2. The fraction of sp³-hybridized carbons (Fsp3) is 0.269. The van der Waals surface area contributed by atoms with E-state index in [0.29, 0.717) is 15.8 Å². The summed E-state index contributed by atoms with van der Waals surface area (Å²) < 4.78 is 13.6. The molecule has 34 heavy (non-hydrogen) atoms. The molecule has 2 saturated heterocycles. The smallest absolute Gasteiger partial charge is 0.266 e. The van der Waals surface area contributed by atoms with E-state index in [9.17, 15) is 4.79 Å². The SMILES string of the molecule is COc1ccc(-c2nn(-c3ccccc3)cc2/C=C2/SC(=S)N(C[C@@H]3CCCO3)C2=O)cc1C. The van der Waals surface area contributed by atoms with E-state index in [1.807, 2.05) is 66.3 Å². The van der Waals surface area contributed by atoms with Crippen molar-refractivity contribution in [1.29, 1.82) is 0 Å². The molecule has 2 aliphatic rings. The highest BCUT2D eigenvalue weighted by Gasteiger charge is 2.35. The lowest BCUT2D eigenvalue weighted by atomic mass is 10.0. The number of thiocarbonyl (C=S) groups is 1. The number of thioether (sulfide) groups is 1. The molecule has 3 aromatic rings. The van der Waals surface area contributed by atoms with Crippen LogP contribution in [0.4, 0.5) is 0 Å². The minimum absolute atomic E-state index is 0.0560. The quantitative estimate of drug-likeness (QED) is 0.347. The molecule has 174 valence electrons. The molecule has 1 aromatic heterocycles. The van der Waals surface area contributed by atoms with Crippen LogP contribution in [0.3, 0.4) is 0 Å². The molecular formula is C26H25N3O3S2. The lowest BCUT2D eigenvalue weighted by Crippen LogP contribution is -2.35. The van der Waals surface area contributed by atoms with Gasteiger partial charge in [0.25, 0.3) is 5.91 Å². The van der Waals surface area contributed by atoms with Gasteiger partial charge in [0.1, 0.15) is 15.8 Å². The van der Waals surface area contributed by atoms with Gasteiger partial charge in [0.15, 0.2) is 0 Å². The molecule has 2 fully saturated rings. The molecule has 6 nitrogen and oxygen atoms in total. The normalized spacial score (nSPS) is 19.4. The lowest BCUT2D eigenvalue weighted by Gasteiger charge is -2.18. The van der Waals surface area contributed by atoms with Crippen LogP contribution in [0.1, 0.15) is 24.0 Å². The van der Waals surface area contributed by atoms with Gasteiger partial charge in [-0.3, -0.25) is 9.69 Å². The third-order valence-electron chi connectivity index (χ3n) is 6.00. The number of nitrogens with zero attached hydrogens (tertiary/aromatic N) is 3. The average Bonchev–Trinajstić information content (AvgIpc) is 3.57. The average molecular weight is 492 g/mol. The van der Waals surface area contributed by atoms with E-state index in [2.05, 4.69) is 6.07 Å². The van der Waals surface area contributed by atoms with Gasteiger partial charge in [0, 0.05) is 23.9 Å². The molecule has 2 aliphatic heterocycles. The van der Waals surface area contributed by atoms with E-state index < -0.39 is 0 Å². The van der Waals surface area contributed by atoms with Crippen molar-refractivity contribution in [2.45, 2.75) is 25.9 Å². The van der Waals surface area contributed by atoms with Gasteiger partial charge in [-0.1, -0.05) is 42.2 Å². The second-order valence-electron chi connectivity index (χ2n) is 8.32. The van der Waals surface area contributed by atoms with Crippen LogP contribution in [0.2, 0.25) is 0 Å². The van der Waals surface area contributed by atoms with Crippen molar-refractivity contribution in [3.05, 3.63) is 70.8 Å². The molecule has 8 heteroatoms. The van der Waals surface area contributed by atoms with Crippen LogP contribution >= 0.6 is 24.0 Å². The highest BCUT2D eigenvalue weighted by atomic mass is 32.2. The van der Waals surface area contributed by atoms with Gasteiger partial charge in [-0.25, -0.2) is 4.68 Å². The van der Waals surface area contributed by atoms with E-state index in [1.165, 1.54) is 11.8 Å². The number of ether oxygens (including phenoxy) is 2. The Kier molecular flexibility index (Phi) is 6.54. The van der Waals surface area contributed by atoms with Crippen molar-refractivity contribution in [3.8, 4) is 22.7 Å². The molecule has 0 bridgehead atoms. The number of rotatable bonds is 6. The summed E-state index contributed by atoms with van der Waals surface area (Å²) in [6.07, 6.45) is 5.90. The molecule has 0 aliphatic carbocycles. The monoisotopic (exact) mass is 491 g/mol. The molecule has 5 rings (SSSR count). The molecule has 0 spiro atoms. The van der Waals surface area contributed by atoms with Crippen LogP contribution in [0, 0.1) is 6.92 Å². The molecule has 3 heterocycles. The molecule has 0 saturated carbocycles. The van der Waals surface area contributed by atoms with Crippen molar-refractivity contribution in [1.82, 2.24) is 14.7 Å². The first kappa shape index (κ1) is 22.8. The summed E-state index contributed by atoms with van der Waals surface area (Å²) in [7, 11) is 1.66. The first-order chi connectivity index (χ1) is 16.5. The number of hydrogen-bond donors (Lipinski definition) is 0. The number of methoxy groups -OCH3 is 1. The topological polar surface area (TPSA) is 56.6 Å². The van der Waals surface area contributed by atoms with Crippen molar-refractivity contribution >= 4 is 40.3 Å². The van der Waals surface area contributed by atoms with Gasteiger partial charge >= 0.3 is 0 Å². The predicted octanol–water partition coefficient (Wildman–Crippen LogP) is 5.24. The summed E-state index contributed by atoms with van der Waals surface area (Å²) in [6, 6.07) is 15.9. The maximum Gasteiger partial charge on any atom is 0.266 e. The van der Waals surface area contributed by atoms with Gasteiger partial charge in [-0.05, 0) is 61.7 Å². The van der Waals surface area contributed by atoms with Crippen LogP contribution < -0.4 is 4.74 Å². The maximum absolute atomic E-state index is 13.2. The van der Waals surface area contributed by atoms with Crippen LogP contribution in [0.5, 0.6) is 5.75 Å². The zero-order valence-corrected chi connectivity index (χ0v) is 20.7. The van der Waals surface area contributed by atoms with Crippen LogP contribution in [-0.2, 0) is 9.53 Å². The summed E-state index contributed by atoms with van der Waals surface area (Å²) in [4.78, 5) is 15.5. The Morgan fingerprint density at radius 2 is 2.09 bits per heavy atom. The highest BCUT2D eigenvalue weighted by molar-refractivity contribution is 8.26. The number of aryl methyl sites for hydroxylation is 1. The minimum Gasteiger partial charge on any atom is -0.496 e. The van der Waals surface area contributed by atoms with E-state index in [1.54, 1.807) is 12.0 Å². The zero-order valence-electron chi connectivity index (χ0n) is 19.1. The number of para-hydroxylation sites is 1. The lowest BCUT2D eigenvalue weighted by molar-refractivity contribution is -0.123. The zero-order chi connectivity index (χ0) is 23.7. The Morgan fingerprint density at radius 1 is 1.26 bits per heavy atom. The molecule has 1 amide bonds. The largest absolute Gasteiger partial charge is 0.496 e. The summed E-state index contributed by atoms with van der Waals surface area (Å²) >= 11 is 6.87. The van der Waals surface area contributed by atoms with Crippen LogP contribution in [0.25, 0.3) is 23.0 Å². The number of hydrogen-bond acceptors (Lipinski definition) is 6. The summed E-state index contributed by atoms with van der Waals surface area (Å²) in [5.74, 6) is 0.748. The molecule has 2 aromatic carbocycles. The van der Waals surface area contributed by atoms with E-state index in [0.717, 1.165) is 53.3 Å². The molecule has 0 radical (unpaired) electrons. The third-order valence-corrected chi connectivity index (χ3v) is 7.38. The molecule has 0 N–H and O–H groups in total. The molecule has 1 atom stereocenters. The van der Waals surface area contributed by atoms with Crippen molar-refractivity contribution in [2.75, 3.05) is 20.3 Å². The Hall–Kier alpha value is -2.94. The van der Waals surface area contributed by atoms with E-state index >= 15 is 0 Å². The fourth-order valence-electron chi connectivity index (χ4n) is 4.25. The highest BCUT2D eigenvalue weighted by Crippen LogP contribution is 2.36. The summed E-state index contributed by atoms with van der Waals surface area (Å²) in [6.45, 7) is 3.26. The van der Waals surface area contributed by atoms with Gasteiger partial charge in [-0.15, -0.1) is 0 Å². The Labute approximate surface area is 208 Å². The second-order valence-corrected chi connectivity index (χ2v) is 10.0. The Balaban J connectivity index is 1.53. The van der Waals surface area contributed by atoms with Gasteiger partial charge in [-0.2, -0.15) is 5.10 Å². The number of amides is 1. The van der Waals surface area contributed by atoms with Gasteiger partial charge in [0.2, 0.25) is 0 Å². The number of benzene rings is 2. The second kappa shape index (κ2) is 9.74. The van der Waals surface area contributed by atoms with Gasteiger partial charge < -0.3 is 9.47 Å². The van der Waals surface area contributed by atoms with Gasteiger partial charge in [0.05, 0.1) is 30.4 Å². The number of aromatic nitrogens is 2. The molecular weight excluding hydrogens is 466 g/mol. The first-order valence-corrected chi connectivity index (χ1v) is 12.4. The Bertz CT molecular complexity index is 1260. The van der Waals surface area contributed by atoms with E-state index in [-0.39, 0.29) is 12.0 Å². The minimum atomic E-state index is -0.0742. The third kappa shape index (κ3) is 4.53. The predicted molar refractivity (Wildman–Crippen MR) is 139 cm³/mol. The summed E-state index contributed by atoms with van der Waals surface area (Å²) in [5, 5.41) is 4.88. The van der Waals surface area contributed by atoms with Crippen molar-refractivity contribution in [2.24, 2.45) is 0 Å². The van der Waals surface area contributed by atoms with Crippen LogP contribution in [0.15, 0.2) is 59.6 Å². The first-order valence-electron chi connectivity index (χ1n) is 11.2. The number of carbonyl (C=O) groups excluding carboxylic acids is 1. The number of carbonyl (C=O) groups is 1. The standard InChI is InChI=1S/C26H25N3O3S2/c1-17-13-18(10-11-22(17)31-2)24-19(15-29(27-24)20-7-4-3-5-8-20)14-23-25(30)28(26(33)34-23)16-21-9-6-12-32-21/h3-5,7-8,10-11,13-15,21H,6,9,12,16H2,1-2H3/b23-14+/t21-/m0/s1. The Morgan fingerprint density at radius 3 is 2.79 bits per heavy atom. The van der Waals surface area contributed by atoms with Crippen molar-refractivity contribution in [3.63, 3.8) is 0 Å².